The van der Waals surface area contributed by atoms with Gasteiger partial charge in [-0.25, -0.2) is 12.8 Å². The molecule has 0 amide bonds. The van der Waals surface area contributed by atoms with Crippen molar-refractivity contribution in [2.45, 2.75) is 36.7 Å². The number of nitrogens with zero attached hydrogens (tertiary/aromatic N) is 5. The van der Waals surface area contributed by atoms with E-state index in [0.717, 1.165) is 24.4 Å². The van der Waals surface area contributed by atoms with Crippen LogP contribution in [0.15, 0.2) is 29.4 Å². The Morgan fingerprint density at radius 1 is 1.28 bits per heavy atom. The Morgan fingerprint density at radius 2 is 2.08 bits per heavy atom. The van der Waals surface area contributed by atoms with Crippen LogP contribution in [0.25, 0.3) is 10.7 Å². The molecule has 25 heavy (non-hydrogen) atoms. The predicted molar refractivity (Wildman–Crippen MR) is 89.2 cm³/mol. The fourth-order valence-corrected chi connectivity index (χ4v) is 4.74. The summed E-state index contributed by atoms with van der Waals surface area (Å²) in [6.45, 7) is 1.80. The Hall–Kier alpha value is -2.20. The summed E-state index contributed by atoms with van der Waals surface area (Å²) in [6.07, 6.45) is 1.75. The van der Waals surface area contributed by atoms with Crippen molar-refractivity contribution in [1.29, 1.82) is 0 Å². The highest BCUT2D eigenvalue weighted by Gasteiger charge is 2.35. The van der Waals surface area contributed by atoms with E-state index in [0.29, 0.717) is 22.0 Å². The van der Waals surface area contributed by atoms with E-state index in [1.807, 2.05) is 0 Å². The lowest BCUT2D eigenvalue weighted by Gasteiger charge is -2.09. The van der Waals surface area contributed by atoms with Gasteiger partial charge < -0.3 is 0 Å². The van der Waals surface area contributed by atoms with Gasteiger partial charge in [-0.1, -0.05) is 16.6 Å². The zero-order chi connectivity index (χ0) is 17.6. The summed E-state index contributed by atoms with van der Waals surface area (Å²) in [5.41, 5.74) is 1.07. The van der Waals surface area contributed by atoms with E-state index in [2.05, 4.69) is 19.8 Å². The lowest BCUT2D eigenvalue weighted by molar-refractivity contribution is 0.565. The monoisotopic (exact) mass is 379 g/mol. The number of hydrogen-bond donors (Lipinski definition) is 0. The molecular formula is C15H14FN5O2S2. The maximum atomic E-state index is 13.4. The summed E-state index contributed by atoms with van der Waals surface area (Å²) in [7, 11) is -3.76. The van der Waals surface area contributed by atoms with Crippen LogP contribution in [0, 0.1) is 12.7 Å². The van der Waals surface area contributed by atoms with Crippen molar-refractivity contribution in [1.82, 2.24) is 24.4 Å². The first-order chi connectivity index (χ1) is 12.0. The minimum absolute atomic E-state index is 0.0591. The van der Waals surface area contributed by atoms with E-state index in [-0.39, 0.29) is 17.0 Å². The molecule has 1 aliphatic rings. The molecule has 2 heterocycles. The van der Waals surface area contributed by atoms with Gasteiger partial charge in [-0.3, -0.25) is 4.57 Å². The molecule has 2 aromatic heterocycles. The number of sulfone groups is 1. The SMILES string of the molecule is Cc1nnsc1-c1nnc(S(=O)(=O)Cc2cccc(F)c2)n1C1CC1. The van der Waals surface area contributed by atoms with Crippen LogP contribution in [0.5, 0.6) is 0 Å². The fourth-order valence-electron chi connectivity index (χ4n) is 2.65. The third kappa shape index (κ3) is 3.07. The molecule has 1 saturated carbocycles. The molecule has 0 unspecified atom stereocenters. The zero-order valence-corrected chi connectivity index (χ0v) is 14.9. The molecule has 0 radical (unpaired) electrons. The molecule has 0 N–H and O–H groups in total. The second-order valence-corrected chi connectivity index (χ2v) is 8.62. The van der Waals surface area contributed by atoms with E-state index in [9.17, 15) is 12.8 Å². The van der Waals surface area contributed by atoms with Gasteiger partial charge >= 0.3 is 0 Å². The Kier molecular flexibility index (Phi) is 3.88. The second-order valence-electron chi connectivity index (χ2n) is 5.98. The molecule has 1 aliphatic carbocycles. The van der Waals surface area contributed by atoms with Crippen molar-refractivity contribution >= 4 is 21.4 Å². The molecule has 0 aliphatic heterocycles. The van der Waals surface area contributed by atoms with Crippen LogP contribution in [-0.2, 0) is 15.6 Å². The average Bonchev–Trinajstić information content (AvgIpc) is 3.14. The molecule has 10 heteroatoms. The summed E-state index contributed by atoms with van der Waals surface area (Å²) >= 11 is 1.16. The molecule has 0 atom stereocenters. The number of aromatic nitrogens is 5. The molecular weight excluding hydrogens is 365 g/mol. The van der Waals surface area contributed by atoms with Crippen LogP contribution in [0.2, 0.25) is 0 Å². The average molecular weight is 379 g/mol. The second kappa shape index (κ2) is 5.95. The Morgan fingerprint density at radius 3 is 2.72 bits per heavy atom. The van der Waals surface area contributed by atoms with Crippen molar-refractivity contribution in [3.8, 4) is 10.7 Å². The van der Waals surface area contributed by atoms with Crippen LogP contribution >= 0.6 is 11.5 Å². The molecule has 130 valence electrons. The smallest absolute Gasteiger partial charge is 0.250 e. The Labute approximate surface area is 147 Å². The van der Waals surface area contributed by atoms with Crippen molar-refractivity contribution in [2.24, 2.45) is 0 Å². The van der Waals surface area contributed by atoms with E-state index in [1.165, 1.54) is 18.2 Å². The van der Waals surface area contributed by atoms with E-state index >= 15 is 0 Å². The topological polar surface area (TPSA) is 90.6 Å². The van der Waals surface area contributed by atoms with Gasteiger partial charge in [0.2, 0.25) is 9.84 Å². The van der Waals surface area contributed by atoms with E-state index < -0.39 is 15.7 Å². The maximum absolute atomic E-state index is 13.4. The minimum Gasteiger partial charge on any atom is -0.294 e. The molecule has 3 aromatic rings. The normalized spacial score (nSPS) is 14.8. The maximum Gasteiger partial charge on any atom is 0.250 e. The predicted octanol–water partition coefficient (Wildman–Crippen LogP) is 2.55. The summed E-state index contributed by atoms with van der Waals surface area (Å²) in [5, 5.41) is 11.9. The minimum atomic E-state index is -3.76. The van der Waals surface area contributed by atoms with Crippen LogP contribution in [0.3, 0.4) is 0 Å². The fraction of sp³-hybridized carbons (Fsp3) is 0.333. The number of hydrogen-bond acceptors (Lipinski definition) is 7. The number of benzene rings is 1. The quantitative estimate of drug-likeness (QED) is 0.677. The van der Waals surface area contributed by atoms with Gasteiger partial charge in [0.25, 0.3) is 5.16 Å². The van der Waals surface area contributed by atoms with Gasteiger partial charge in [0.15, 0.2) is 5.82 Å². The lowest BCUT2D eigenvalue weighted by Crippen LogP contribution is -2.13. The summed E-state index contributed by atoms with van der Waals surface area (Å²) in [5.74, 6) is -0.313. The van der Waals surface area contributed by atoms with Gasteiger partial charge in [-0.2, -0.15) is 0 Å². The molecule has 1 aromatic carbocycles. The Bertz CT molecular complexity index is 1040. The zero-order valence-electron chi connectivity index (χ0n) is 13.3. The summed E-state index contributed by atoms with van der Waals surface area (Å²) in [6, 6.07) is 5.62. The van der Waals surface area contributed by atoms with Crippen LogP contribution < -0.4 is 0 Å². The molecule has 0 bridgehead atoms. The van der Waals surface area contributed by atoms with Crippen LogP contribution in [0.1, 0.15) is 30.1 Å². The first-order valence-corrected chi connectivity index (χ1v) is 10.1. The number of halogens is 1. The van der Waals surface area contributed by atoms with Gasteiger partial charge in [-0.15, -0.1) is 15.3 Å². The van der Waals surface area contributed by atoms with Gasteiger partial charge in [0.05, 0.1) is 11.4 Å². The number of aryl methyl sites for hydroxylation is 1. The van der Waals surface area contributed by atoms with E-state index in [4.69, 9.17) is 0 Å². The summed E-state index contributed by atoms with van der Waals surface area (Å²) in [4.78, 5) is 0.714. The highest BCUT2D eigenvalue weighted by Crippen LogP contribution is 2.41. The molecule has 4 rings (SSSR count). The van der Waals surface area contributed by atoms with Crippen molar-refractivity contribution in [3.05, 3.63) is 41.3 Å². The third-order valence-electron chi connectivity index (χ3n) is 3.96. The highest BCUT2D eigenvalue weighted by molar-refractivity contribution is 7.90. The number of rotatable bonds is 5. The van der Waals surface area contributed by atoms with Gasteiger partial charge in [-0.05, 0) is 49.0 Å². The van der Waals surface area contributed by atoms with E-state index in [1.54, 1.807) is 17.6 Å². The molecule has 1 fully saturated rings. The van der Waals surface area contributed by atoms with Gasteiger partial charge in [0, 0.05) is 6.04 Å². The standard InChI is InChI=1S/C15H14FN5O2S2/c1-9-13(24-20-17-9)14-18-19-15(21(14)12-5-6-12)25(22,23)8-10-3-2-4-11(16)7-10/h2-4,7,12H,5-6,8H2,1H3. The first kappa shape index (κ1) is 16.3. The summed E-state index contributed by atoms with van der Waals surface area (Å²) < 4.78 is 44.6. The van der Waals surface area contributed by atoms with Crippen LogP contribution in [0.4, 0.5) is 4.39 Å². The highest BCUT2D eigenvalue weighted by atomic mass is 32.2. The van der Waals surface area contributed by atoms with Crippen LogP contribution in [-0.4, -0.2) is 32.8 Å². The third-order valence-corrected chi connectivity index (χ3v) is 6.33. The molecule has 0 spiro atoms. The largest absolute Gasteiger partial charge is 0.294 e. The van der Waals surface area contributed by atoms with Crippen molar-refractivity contribution < 1.29 is 12.8 Å². The molecule has 0 saturated heterocycles. The van der Waals surface area contributed by atoms with Gasteiger partial charge in [0.1, 0.15) is 10.7 Å². The lowest BCUT2D eigenvalue weighted by atomic mass is 10.2. The van der Waals surface area contributed by atoms with Crippen molar-refractivity contribution in [3.63, 3.8) is 0 Å². The first-order valence-electron chi connectivity index (χ1n) is 7.67. The Balaban J connectivity index is 1.77. The molecule has 7 nitrogen and oxygen atoms in total. The van der Waals surface area contributed by atoms with Crippen molar-refractivity contribution in [2.75, 3.05) is 0 Å².